The van der Waals surface area contributed by atoms with Crippen LogP contribution in [0.2, 0.25) is 0 Å². The monoisotopic (exact) mass is 626 g/mol. The first-order valence-corrected chi connectivity index (χ1v) is 17.2. The van der Waals surface area contributed by atoms with Gasteiger partial charge in [-0.2, -0.15) is 0 Å². The highest BCUT2D eigenvalue weighted by atomic mass is 15.0. The summed E-state index contributed by atoms with van der Waals surface area (Å²) in [5.41, 5.74) is 12.3. The number of fused-ring (bicyclic) bond motifs is 7. The van der Waals surface area contributed by atoms with Crippen LogP contribution < -0.4 is 0 Å². The van der Waals surface area contributed by atoms with Crippen molar-refractivity contribution in [3.63, 3.8) is 0 Å². The van der Waals surface area contributed by atoms with Gasteiger partial charge in [-0.05, 0) is 112 Å². The lowest BCUT2D eigenvalue weighted by Gasteiger charge is -2.15. The van der Waals surface area contributed by atoms with Crippen molar-refractivity contribution >= 4 is 60.1 Å². The zero-order valence-electron chi connectivity index (χ0n) is 27.3. The van der Waals surface area contributed by atoms with Gasteiger partial charge in [0, 0.05) is 32.9 Å². The molecule has 2 aromatic heterocycles. The van der Waals surface area contributed by atoms with E-state index in [1.165, 1.54) is 88.0 Å². The number of benzene rings is 7. The molecule has 10 rings (SSSR count). The molecule has 1 aliphatic carbocycles. The zero-order chi connectivity index (χ0) is 32.5. The average Bonchev–Trinajstić information content (AvgIpc) is 3.67. The summed E-state index contributed by atoms with van der Waals surface area (Å²) in [5.74, 6) is 0.540. The maximum atomic E-state index is 2.43. The maximum absolute atomic E-state index is 2.43. The zero-order valence-corrected chi connectivity index (χ0v) is 27.3. The van der Waals surface area contributed by atoms with Crippen LogP contribution in [-0.2, 0) is 0 Å². The molecule has 9 aromatic rings. The molecule has 7 aromatic carbocycles. The third-order valence-corrected chi connectivity index (χ3v) is 10.4. The Labute approximate surface area is 285 Å². The molecule has 1 unspecified atom stereocenters. The summed E-state index contributed by atoms with van der Waals surface area (Å²) in [6.07, 6.45) is 8.08. The smallest absolute Gasteiger partial charge is 0.0541 e. The largest absolute Gasteiger partial charge is 0.310 e. The Morgan fingerprint density at radius 3 is 1.55 bits per heavy atom. The Hall–Kier alpha value is -6.12. The van der Waals surface area contributed by atoms with Crippen molar-refractivity contribution in [3.8, 4) is 27.9 Å². The third kappa shape index (κ3) is 4.48. The predicted octanol–water partition coefficient (Wildman–Crippen LogP) is 12.8. The first-order chi connectivity index (χ1) is 24.2. The van der Waals surface area contributed by atoms with Crippen molar-refractivity contribution in [2.45, 2.75) is 13.3 Å². The molecule has 2 nitrogen and oxygen atoms in total. The van der Waals surface area contributed by atoms with Crippen LogP contribution in [0.25, 0.3) is 88.0 Å². The molecule has 232 valence electrons. The lowest BCUT2D eigenvalue weighted by molar-refractivity contribution is 0.735. The quantitative estimate of drug-likeness (QED) is 0.184. The Morgan fingerprint density at radius 1 is 0.449 bits per heavy atom. The Balaban J connectivity index is 1.04. The highest BCUT2D eigenvalue weighted by molar-refractivity contribution is 6.12. The van der Waals surface area contributed by atoms with Crippen molar-refractivity contribution in [1.29, 1.82) is 0 Å². The molecule has 49 heavy (non-hydrogen) atoms. The van der Waals surface area contributed by atoms with E-state index in [2.05, 4.69) is 186 Å². The topological polar surface area (TPSA) is 9.86 Å². The van der Waals surface area contributed by atoms with Gasteiger partial charge in [0.05, 0.1) is 22.1 Å². The van der Waals surface area contributed by atoms with Gasteiger partial charge in [0.1, 0.15) is 0 Å². The van der Waals surface area contributed by atoms with Crippen molar-refractivity contribution in [2.75, 3.05) is 0 Å². The summed E-state index contributed by atoms with van der Waals surface area (Å²) in [4.78, 5) is 0. The van der Waals surface area contributed by atoms with E-state index < -0.39 is 0 Å². The van der Waals surface area contributed by atoms with Crippen molar-refractivity contribution in [1.82, 2.24) is 9.13 Å². The van der Waals surface area contributed by atoms with E-state index in [1.807, 2.05) is 0 Å². The minimum absolute atomic E-state index is 0.540. The fourth-order valence-corrected chi connectivity index (χ4v) is 8.01. The molecule has 1 aliphatic rings. The van der Waals surface area contributed by atoms with Crippen LogP contribution in [0.15, 0.2) is 170 Å². The lowest BCUT2D eigenvalue weighted by Crippen LogP contribution is -2.01. The number of nitrogens with zero attached hydrogens (tertiary/aromatic N) is 2. The molecule has 0 saturated heterocycles. The van der Waals surface area contributed by atoms with Crippen molar-refractivity contribution in [2.24, 2.45) is 5.92 Å². The van der Waals surface area contributed by atoms with E-state index in [9.17, 15) is 0 Å². The SMILES string of the molecule is CC1C=C(n2c3ccccc3c3cc(-c4ccc5cc(-c6ccc7c(c6)c6ccccc6n7-c6ccccc6)ccc5c4)ccc32)C=CC1. The predicted molar refractivity (Wildman–Crippen MR) is 209 cm³/mol. The molecule has 1 atom stereocenters. The number of rotatable bonds is 4. The maximum Gasteiger partial charge on any atom is 0.0541 e. The van der Waals surface area contributed by atoms with E-state index in [0.717, 1.165) is 6.42 Å². The summed E-state index contributed by atoms with van der Waals surface area (Å²) in [6.45, 7) is 2.29. The second-order valence-electron chi connectivity index (χ2n) is 13.5. The van der Waals surface area contributed by atoms with Crippen LogP contribution in [0.5, 0.6) is 0 Å². The summed E-state index contributed by atoms with van der Waals surface area (Å²) < 4.78 is 4.80. The van der Waals surface area contributed by atoms with Crippen LogP contribution >= 0.6 is 0 Å². The molecule has 0 amide bonds. The summed E-state index contributed by atoms with van der Waals surface area (Å²) in [6, 6.07) is 55.8. The van der Waals surface area contributed by atoms with Crippen LogP contribution in [-0.4, -0.2) is 9.13 Å². The molecule has 2 heteroatoms. The van der Waals surface area contributed by atoms with E-state index in [1.54, 1.807) is 0 Å². The standard InChI is InChI=1S/C47H34N2/c1-31-10-9-13-39(26-31)49-45-17-8-6-15-41(45)43-30-37(23-25-47(43)49)35-21-19-32-27-34(20-18-33(32)28-35)36-22-24-46-42(29-36)40-14-5-7-16-44(40)48(46)38-11-3-2-4-12-38/h2-9,11-31H,10H2,1H3. The molecule has 0 aliphatic heterocycles. The minimum atomic E-state index is 0.540. The molecule has 0 radical (unpaired) electrons. The second kappa shape index (κ2) is 11.0. The lowest BCUT2D eigenvalue weighted by atomic mass is 9.96. The molecular weight excluding hydrogens is 593 g/mol. The number of aromatic nitrogens is 2. The van der Waals surface area contributed by atoms with Gasteiger partial charge >= 0.3 is 0 Å². The molecule has 0 bridgehead atoms. The van der Waals surface area contributed by atoms with Gasteiger partial charge in [-0.1, -0.05) is 110 Å². The van der Waals surface area contributed by atoms with E-state index in [4.69, 9.17) is 0 Å². The Morgan fingerprint density at radius 2 is 0.939 bits per heavy atom. The van der Waals surface area contributed by atoms with Gasteiger partial charge in [0.15, 0.2) is 0 Å². The first kappa shape index (κ1) is 27.9. The van der Waals surface area contributed by atoms with Gasteiger partial charge in [-0.25, -0.2) is 0 Å². The molecule has 2 heterocycles. The molecule has 0 fully saturated rings. The molecule has 0 saturated carbocycles. The summed E-state index contributed by atoms with van der Waals surface area (Å²) in [5, 5.41) is 7.62. The van der Waals surface area contributed by atoms with Crippen LogP contribution in [0.3, 0.4) is 0 Å². The minimum Gasteiger partial charge on any atom is -0.310 e. The number of allylic oxidation sites excluding steroid dienone is 4. The number of hydrogen-bond acceptors (Lipinski definition) is 0. The van der Waals surface area contributed by atoms with E-state index in [0.29, 0.717) is 5.92 Å². The third-order valence-electron chi connectivity index (χ3n) is 10.4. The van der Waals surface area contributed by atoms with Gasteiger partial charge in [0.25, 0.3) is 0 Å². The number of hydrogen-bond donors (Lipinski definition) is 0. The van der Waals surface area contributed by atoms with Crippen LogP contribution in [0.4, 0.5) is 0 Å². The van der Waals surface area contributed by atoms with Gasteiger partial charge in [0.2, 0.25) is 0 Å². The van der Waals surface area contributed by atoms with Gasteiger partial charge < -0.3 is 9.13 Å². The Kier molecular flexibility index (Phi) is 6.25. The molecule has 0 N–H and O–H groups in total. The summed E-state index contributed by atoms with van der Waals surface area (Å²) >= 11 is 0. The normalized spacial score (nSPS) is 14.8. The van der Waals surface area contributed by atoms with Gasteiger partial charge in [-0.3, -0.25) is 0 Å². The molecule has 0 spiro atoms. The van der Waals surface area contributed by atoms with Gasteiger partial charge in [-0.15, -0.1) is 0 Å². The highest BCUT2D eigenvalue weighted by Crippen LogP contribution is 2.38. The van der Waals surface area contributed by atoms with E-state index in [-0.39, 0.29) is 0 Å². The van der Waals surface area contributed by atoms with Crippen LogP contribution in [0.1, 0.15) is 13.3 Å². The van der Waals surface area contributed by atoms with Crippen molar-refractivity contribution in [3.05, 3.63) is 170 Å². The first-order valence-electron chi connectivity index (χ1n) is 17.2. The average molecular weight is 627 g/mol. The second-order valence-corrected chi connectivity index (χ2v) is 13.5. The highest BCUT2D eigenvalue weighted by Gasteiger charge is 2.16. The number of para-hydroxylation sites is 3. The summed E-state index contributed by atoms with van der Waals surface area (Å²) in [7, 11) is 0. The fraction of sp³-hybridized carbons (Fsp3) is 0.0638. The Bertz CT molecular complexity index is 2810. The van der Waals surface area contributed by atoms with Crippen LogP contribution in [0, 0.1) is 5.92 Å². The molecular formula is C47H34N2. The fourth-order valence-electron chi connectivity index (χ4n) is 8.01. The van der Waals surface area contributed by atoms with E-state index >= 15 is 0 Å². The van der Waals surface area contributed by atoms with Crippen molar-refractivity contribution < 1.29 is 0 Å².